The summed E-state index contributed by atoms with van der Waals surface area (Å²) in [6, 6.07) is 3.26. The Hall–Kier alpha value is -0.0400. The lowest BCUT2D eigenvalue weighted by molar-refractivity contribution is -0.0978. The molecule has 0 spiro atoms. The second-order valence-electron chi connectivity index (χ2n) is 4.74. The van der Waals surface area contributed by atoms with Crippen LogP contribution in [0.25, 0.3) is 0 Å². The highest BCUT2D eigenvalue weighted by molar-refractivity contribution is 14.1. The number of hydrogen-bond acceptors (Lipinski definition) is 2. The number of nitrogens with one attached hydrogen (secondary N) is 1. The van der Waals surface area contributed by atoms with Crippen molar-refractivity contribution < 1.29 is 9.53 Å². The van der Waals surface area contributed by atoms with Gasteiger partial charge >= 0.3 is 0 Å². The molecular formula is C12H12Cl2INO2. The van der Waals surface area contributed by atoms with Gasteiger partial charge < -0.3 is 10.1 Å². The number of hydrogen-bond donors (Lipinski definition) is 1. The number of carbonyl (C=O) groups excluding carboxylic acids is 1. The molecule has 1 saturated heterocycles. The molecule has 3 nitrogen and oxygen atoms in total. The minimum absolute atomic E-state index is 0.0451. The van der Waals surface area contributed by atoms with Crippen LogP contribution in [0.15, 0.2) is 12.1 Å². The molecule has 1 aromatic rings. The lowest BCUT2D eigenvalue weighted by atomic mass is 9.88. The average Bonchev–Trinajstić information content (AvgIpc) is 2.28. The van der Waals surface area contributed by atoms with Crippen molar-refractivity contribution in [2.45, 2.75) is 6.92 Å². The number of ether oxygens (including phenoxy) is 1. The summed E-state index contributed by atoms with van der Waals surface area (Å²) in [5, 5.41) is 3.85. The van der Waals surface area contributed by atoms with Crippen molar-refractivity contribution in [3.63, 3.8) is 0 Å². The highest BCUT2D eigenvalue weighted by atomic mass is 127. The second-order valence-corrected chi connectivity index (χ2v) is 6.66. The molecule has 1 aromatic carbocycles. The molecule has 1 N–H and O–H groups in total. The molecule has 0 atom stereocenters. The smallest absolute Gasteiger partial charge is 0.252 e. The molecule has 0 saturated carbocycles. The fraction of sp³-hybridized carbons (Fsp3) is 0.417. The van der Waals surface area contributed by atoms with Gasteiger partial charge in [0, 0.05) is 20.6 Å². The van der Waals surface area contributed by atoms with Gasteiger partial charge in [-0.15, -0.1) is 0 Å². The number of rotatable bonds is 3. The van der Waals surface area contributed by atoms with E-state index in [9.17, 15) is 4.79 Å². The highest BCUT2D eigenvalue weighted by Crippen LogP contribution is 2.28. The maximum atomic E-state index is 12.1. The Balaban J connectivity index is 2.09. The monoisotopic (exact) mass is 399 g/mol. The van der Waals surface area contributed by atoms with Crippen molar-refractivity contribution in [2.75, 3.05) is 19.8 Å². The predicted octanol–water partition coefficient (Wildman–Crippen LogP) is 3.36. The first kappa shape index (κ1) is 14.4. The van der Waals surface area contributed by atoms with Gasteiger partial charge in [-0.1, -0.05) is 30.1 Å². The Morgan fingerprint density at radius 1 is 1.50 bits per heavy atom. The van der Waals surface area contributed by atoms with E-state index in [0.29, 0.717) is 38.9 Å². The van der Waals surface area contributed by atoms with Crippen molar-refractivity contribution in [2.24, 2.45) is 5.41 Å². The molecule has 1 heterocycles. The van der Waals surface area contributed by atoms with E-state index in [4.69, 9.17) is 27.9 Å². The zero-order valence-electron chi connectivity index (χ0n) is 9.73. The van der Waals surface area contributed by atoms with Gasteiger partial charge in [-0.25, -0.2) is 0 Å². The topological polar surface area (TPSA) is 38.3 Å². The van der Waals surface area contributed by atoms with Gasteiger partial charge in [0.15, 0.2) is 0 Å². The summed E-state index contributed by atoms with van der Waals surface area (Å²) in [5.41, 5.74) is 0.556. The third kappa shape index (κ3) is 3.10. The van der Waals surface area contributed by atoms with Crippen molar-refractivity contribution in [3.05, 3.63) is 31.3 Å². The number of carbonyl (C=O) groups is 1. The van der Waals surface area contributed by atoms with Crippen LogP contribution in [0.4, 0.5) is 0 Å². The van der Waals surface area contributed by atoms with Crippen LogP contribution in [0.5, 0.6) is 0 Å². The van der Waals surface area contributed by atoms with Gasteiger partial charge in [0.1, 0.15) is 0 Å². The van der Waals surface area contributed by atoms with Crippen molar-refractivity contribution >= 4 is 51.7 Å². The lowest BCUT2D eigenvalue weighted by Gasteiger charge is -2.38. The SMILES string of the molecule is CC1(CNC(=O)c2cc(Cl)cc(Cl)c2I)COC1. The molecule has 0 unspecified atom stereocenters. The fourth-order valence-corrected chi connectivity index (χ4v) is 2.71. The van der Waals surface area contributed by atoms with Gasteiger partial charge in [-0.3, -0.25) is 4.79 Å². The average molecular weight is 400 g/mol. The maximum absolute atomic E-state index is 12.1. The minimum atomic E-state index is -0.156. The summed E-state index contributed by atoms with van der Waals surface area (Å²) in [6.45, 7) is 4.03. The van der Waals surface area contributed by atoms with Crippen LogP contribution in [0, 0.1) is 8.99 Å². The number of halogens is 3. The summed E-state index contributed by atoms with van der Waals surface area (Å²) in [5.74, 6) is -0.156. The highest BCUT2D eigenvalue weighted by Gasteiger charge is 2.33. The first-order valence-electron chi connectivity index (χ1n) is 5.42. The first-order valence-corrected chi connectivity index (χ1v) is 7.25. The quantitative estimate of drug-likeness (QED) is 0.625. The van der Waals surface area contributed by atoms with Gasteiger partial charge in [0.05, 0.1) is 23.8 Å². The Bertz CT molecular complexity index is 489. The van der Waals surface area contributed by atoms with Crippen LogP contribution in [0.2, 0.25) is 10.0 Å². The normalized spacial score (nSPS) is 17.1. The summed E-state index contributed by atoms with van der Waals surface area (Å²) >= 11 is 14.0. The minimum Gasteiger partial charge on any atom is -0.380 e. The summed E-state index contributed by atoms with van der Waals surface area (Å²) in [6.07, 6.45) is 0. The molecule has 0 aromatic heterocycles. The molecule has 2 rings (SSSR count). The molecule has 6 heteroatoms. The van der Waals surface area contributed by atoms with E-state index in [1.807, 2.05) is 22.6 Å². The number of amides is 1. The lowest BCUT2D eigenvalue weighted by Crippen LogP contribution is -2.48. The Morgan fingerprint density at radius 2 is 2.17 bits per heavy atom. The van der Waals surface area contributed by atoms with Gasteiger partial charge in [0.25, 0.3) is 5.91 Å². The number of benzene rings is 1. The van der Waals surface area contributed by atoms with E-state index < -0.39 is 0 Å². The molecule has 98 valence electrons. The predicted molar refractivity (Wildman–Crippen MR) is 80.4 cm³/mol. The Morgan fingerprint density at radius 3 is 2.72 bits per heavy atom. The second kappa shape index (κ2) is 5.53. The van der Waals surface area contributed by atoms with Crippen molar-refractivity contribution in [3.8, 4) is 0 Å². The van der Waals surface area contributed by atoms with E-state index in [-0.39, 0.29) is 11.3 Å². The zero-order chi connectivity index (χ0) is 13.3. The third-order valence-electron chi connectivity index (χ3n) is 2.81. The van der Waals surface area contributed by atoms with Gasteiger partial charge in [-0.05, 0) is 34.7 Å². The molecule has 0 bridgehead atoms. The molecule has 1 aliphatic rings. The Labute approximate surface area is 129 Å². The maximum Gasteiger partial charge on any atom is 0.252 e. The largest absolute Gasteiger partial charge is 0.380 e. The third-order valence-corrected chi connectivity index (χ3v) is 4.81. The molecule has 1 amide bonds. The molecule has 1 aliphatic heterocycles. The van der Waals surface area contributed by atoms with Crippen LogP contribution in [0.1, 0.15) is 17.3 Å². The first-order chi connectivity index (χ1) is 8.41. The van der Waals surface area contributed by atoms with Crippen LogP contribution >= 0.6 is 45.8 Å². The van der Waals surface area contributed by atoms with Crippen molar-refractivity contribution in [1.29, 1.82) is 0 Å². The molecule has 0 aliphatic carbocycles. The molecule has 18 heavy (non-hydrogen) atoms. The van der Waals surface area contributed by atoms with E-state index in [2.05, 4.69) is 12.2 Å². The van der Waals surface area contributed by atoms with E-state index in [1.54, 1.807) is 12.1 Å². The fourth-order valence-electron chi connectivity index (χ4n) is 1.66. The summed E-state index contributed by atoms with van der Waals surface area (Å²) < 4.78 is 5.86. The summed E-state index contributed by atoms with van der Waals surface area (Å²) in [7, 11) is 0. The van der Waals surface area contributed by atoms with Gasteiger partial charge in [-0.2, -0.15) is 0 Å². The van der Waals surface area contributed by atoms with Crippen LogP contribution in [-0.4, -0.2) is 25.7 Å². The summed E-state index contributed by atoms with van der Waals surface area (Å²) in [4.78, 5) is 12.1. The van der Waals surface area contributed by atoms with Gasteiger partial charge in [0.2, 0.25) is 0 Å². The molecular weight excluding hydrogens is 388 g/mol. The Kier molecular flexibility index (Phi) is 4.41. The van der Waals surface area contributed by atoms with Crippen LogP contribution in [0.3, 0.4) is 0 Å². The van der Waals surface area contributed by atoms with E-state index in [0.717, 1.165) is 0 Å². The standard InChI is InChI=1S/C12H12Cl2INO2/c1-12(5-18-6-12)4-16-11(17)8-2-7(13)3-9(14)10(8)15/h2-3H,4-6H2,1H3,(H,16,17). The van der Waals surface area contributed by atoms with Crippen molar-refractivity contribution in [1.82, 2.24) is 5.32 Å². The molecule has 0 radical (unpaired) electrons. The van der Waals surface area contributed by atoms with E-state index >= 15 is 0 Å². The van der Waals surface area contributed by atoms with Crippen LogP contribution < -0.4 is 5.32 Å². The van der Waals surface area contributed by atoms with Crippen LogP contribution in [-0.2, 0) is 4.74 Å². The van der Waals surface area contributed by atoms with E-state index in [1.165, 1.54) is 0 Å². The molecule has 1 fully saturated rings. The zero-order valence-corrected chi connectivity index (χ0v) is 13.4.